The van der Waals surface area contributed by atoms with Crippen molar-refractivity contribution in [3.8, 4) is 0 Å². The third kappa shape index (κ3) is 29.5. The summed E-state index contributed by atoms with van der Waals surface area (Å²) in [4.78, 5) is 12.4. The van der Waals surface area contributed by atoms with Gasteiger partial charge in [-0.3, -0.25) is 4.79 Å². The first-order valence-electron chi connectivity index (χ1n) is 19.1. The minimum absolute atomic E-state index is 0.160. The molecule has 0 aromatic carbocycles. The topological polar surface area (TPSA) is 89.8 Å². The zero-order valence-corrected chi connectivity index (χ0v) is 29.3. The van der Waals surface area contributed by atoms with Crippen LogP contribution in [0.25, 0.3) is 0 Å². The molecule has 0 aromatic heterocycles. The largest absolute Gasteiger partial charge is 0.394 e. The summed E-state index contributed by atoms with van der Waals surface area (Å²) in [7, 11) is 0. The Kier molecular flexibility index (Phi) is 33.8. The fraction of sp³-hybridized carbons (Fsp3) is 0.872. The zero-order chi connectivity index (χ0) is 32.4. The van der Waals surface area contributed by atoms with Crippen LogP contribution in [-0.4, -0.2) is 46.1 Å². The van der Waals surface area contributed by atoms with Gasteiger partial charge in [-0.05, 0) is 64.2 Å². The van der Waals surface area contributed by atoms with Crippen molar-refractivity contribution in [2.75, 3.05) is 6.61 Å². The first-order chi connectivity index (χ1) is 21.6. The Hall–Kier alpha value is -1.17. The summed E-state index contributed by atoms with van der Waals surface area (Å²) in [6, 6.07) is -0.824. The van der Waals surface area contributed by atoms with Crippen molar-refractivity contribution in [3.05, 3.63) is 24.3 Å². The van der Waals surface area contributed by atoms with Crippen molar-refractivity contribution in [1.82, 2.24) is 5.32 Å². The molecular formula is C39H75NO4. The van der Waals surface area contributed by atoms with Crippen molar-refractivity contribution in [2.45, 2.75) is 212 Å². The van der Waals surface area contributed by atoms with Gasteiger partial charge in [0, 0.05) is 6.42 Å². The fourth-order valence-electron chi connectivity index (χ4n) is 5.74. The molecule has 0 saturated heterocycles. The second-order valence-corrected chi connectivity index (χ2v) is 13.1. The number of hydrogen-bond acceptors (Lipinski definition) is 4. The average Bonchev–Trinajstić information content (AvgIpc) is 3.03. The van der Waals surface area contributed by atoms with Crippen molar-refractivity contribution in [1.29, 1.82) is 0 Å². The lowest BCUT2D eigenvalue weighted by molar-refractivity contribution is -0.124. The third-order valence-corrected chi connectivity index (χ3v) is 8.78. The van der Waals surface area contributed by atoms with Crippen LogP contribution in [0, 0.1) is 0 Å². The van der Waals surface area contributed by atoms with E-state index in [2.05, 4.69) is 43.5 Å². The van der Waals surface area contributed by atoms with Crippen LogP contribution >= 0.6 is 0 Å². The van der Waals surface area contributed by atoms with Gasteiger partial charge in [0.1, 0.15) is 6.10 Å². The lowest BCUT2D eigenvalue weighted by Crippen LogP contribution is -2.50. The van der Waals surface area contributed by atoms with Gasteiger partial charge in [0.2, 0.25) is 5.91 Å². The van der Waals surface area contributed by atoms with Gasteiger partial charge in [-0.25, -0.2) is 0 Å². The van der Waals surface area contributed by atoms with E-state index in [-0.39, 0.29) is 12.5 Å². The van der Waals surface area contributed by atoms with Crippen molar-refractivity contribution < 1.29 is 20.1 Å². The van der Waals surface area contributed by atoms with Gasteiger partial charge in [0.05, 0.1) is 18.8 Å². The van der Waals surface area contributed by atoms with Gasteiger partial charge in [-0.2, -0.15) is 0 Å². The maximum absolute atomic E-state index is 12.4. The Balaban J connectivity index is 3.73. The monoisotopic (exact) mass is 622 g/mol. The molecule has 0 rings (SSSR count). The Morgan fingerprint density at radius 1 is 0.545 bits per heavy atom. The van der Waals surface area contributed by atoms with E-state index in [0.717, 1.165) is 38.5 Å². The van der Waals surface area contributed by atoms with E-state index in [0.29, 0.717) is 12.8 Å². The van der Waals surface area contributed by atoms with Crippen LogP contribution in [0.2, 0.25) is 0 Å². The Bertz CT molecular complexity index is 650. The molecular weight excluding hydrogens is 546 g/mol. The molecule has 3 unspecified atom stereocenters. The third-order valence-electron chi connectivity index (χ3n) is 8.78. The molecule has 0 aliphatic rings. The Morgan fingerprint density at radius 3 is 1.34 bits per heavy atom. The fourth-order valence-corrected chi connectivity index (χ4v) is 5.74. The number of unbranched alkanes of at least 4 members (excludes halogenated alkanes) is 22. The summed E-state index contributed by atoms with van der Waals surface area (Å²) >= 11 is 0. The van der Waals surface area contributed by atoms with E-state index in [1.54, 1.807) is 0 Å². The maximum Gasteiger partial charge on any atom is 0.220 e. The Labute approximate surface area is 273 Å². The van der Waals surface area contributed by atoms with Gasteiger partial charge >= 0.3 is 0 Å². The summed E-state index contributed by atoms with van der Waals surface area (Å²) < 4.78 is 0. The van der Waals surface area contributed by atoms with Crippen LogP contribution in [-0.2, 0) is 4.79 Å². The molecule has 3 atom stereocenters. The number of aliphatic hydroxyl groups excluding tert-OH is 3. The van der Waals surface area contributed by atoms with Crippen molar-refractivity contribution >= 4 is 5.91 Å². The molecule has 0 saturated carbocycles. The highest BCUT2D eigenvalue weighted by atomic mass is 16.3. The molecule has 4 N–H and O–H groups in total. The molecule has 0 aliphatic carbocycles. The summed E-state index contributed by atoms with van der Waals surface area (Å²) in [6.45, 7) is 4.14. The Morgan fingerprint density at radius 2 is 0.909 bits per heavy atom. The molecule has 260 valence electrons. The van der Waals surface area contributed by atoms with Crippen LogP contribution in [0.5, 0.6) is 0 Å². The summed E-state index contributed by atoms with van der Waals surface area (Å²) in [5.74, 6) is -0.160. The number of nitrogens with one attached hydrogen (secondary N) is 1. The highest BCUT2D eigenvalue weighted by molar-refractivity contribution is 5.76. The normalized spacial score (nSPS) is 14.0. The van der Waals surface area contributed by atoms with Gasteiger partial charge in [-0.15, -0.1) is 0 Å². The SMILES string of the molecule is CCCCCC/C=C\CCCCCCCCCC(=O)NC(CO)C(O)C(O)CCC/C=C/CCCCCCCCCCCC. The number of rotatable bonds is 34. The second-order valence-electron chi connectivity index (χ2n) is 13.1. The molecule has 5 heteroatoms. The van der Waals surface area contributed by atoms with E-state index in [4.69, 9.17) is 0 Å². The number of hydrogen-bond donors (Lipinski definition) is 4. The average molecular weight is 622 g/mol. The molecule has 0 aromatic rings. The van der Waals surface area contributed by atoms with Gasteiger partial charge in [0.25, 0.3) is 0 Å². The van der Waals surface area contributed by atoms with E-state index < -0.39 is 18.2 Å². The van der Waals surface area contributed by atoms with Crippen LogP contribution < -0.4 is 5.32 Å². The highest BCUT2D eigenvalue weighted by Crippen LogP contribution is 2.14. The van der Waals surface area contributed by atoms with Gasteiger partial charge in [0.15, 0.2) is 0 Å². The van der Waals surface area contributed by atoms with Crippen molar-refractivity contribution in [3.63, 3.8) is 0 Å². The lowest BCUT2D eigenvalue weighted by atomic mass is 10.0. The number of aliphatic hydroxyl groups is 3. The molecule has 0 bridgehead atoms. The molecule has 5 nitrogen and oxygen atoms in total. The highest BCUT2D eigenvalue weighted by Gasteiger charge is 2.26. The van der Waals surface area contributed by atoms with Crippen LogP contribution in [0.15, 0.2) is 24.3 Å². The first-order valence-corrected chi connectivity index (χ1v) is 19.1. The number of carbonyl (C=O) groups is 1. The maximum atomic E-state index is 12.4. The summed E-state index contributed by atoms with van der Waals surface area (Å²) in [5.41, 5.74) is 0. The number of amides is 1. The molecule has 0 radical (unpaired) electrons. The molecule has 44 heavy (non-hydrogen) atoms. The van der Waals surface area contributed by atoms with Crippen LogP contribution in [0.3, 0.4) is 0 Å². The number of allylic oxidation sites excluding steroid dienone is 4. The summed E-state index contributed by atoms with van der Waals surface area (Å²) in [6.07, 6.45) is 39.8. The van der Waals surface area contributed by atoms with E-state index >= 15 is 0 Å². The molecule has 0 aliphatic heterocycles. The predicted molar refractivity (Wildman–Crippen MR) is 190 cm³/mol. The first kappa shape index (κ1) is 42.8. The summed E-state index contributed by atoms with van der Waals surface area (Å²) in [5, 5.41) is 33.3. The van der Waals surface area contributed by atoms with E-state index in [1.807, 2.05) is 0 Å². The van der Waals surface area contributed by atoms with Crippen LogP contribution in [0.4, 0.5) is 0 Å². The quantitative estimate of drug-likeness (QED) is 0.0425. The molecule has 0 fully saturated rings. The predicted octanol–water partition coefficient (Wildman–Crippen LogP) is 10.3. The second kappa shape index (κ2) is 34.7. The molecule has 0 heterocycles. The van der Waals surface area contributed by atoms with E-state index in [9.17, 15) is 20.1 Å². The smallest absolute Gasteiger partial charge is 0.220 e. The molecule has 1 amide bonds. The van der Waals surface area contributed by atoms with E-state index in [1.165, 1.54) is 128 Å². The van der Waals surface area contributed by atoms with Gasteiger partial charge in [-0.1, -0.05) is 147 Å². The minimum Gasteiger partial charge on any atom is -0.394 e. The minimum atomic E-state index is -1.16. The standard InChI is InChI=1S/C39H75NO4/c1-3-5-7-9-11-13-15-17-19-21-23-25-27-29-31-33-37(42)39(44)36(35-41)40-38(43)34-32-30-28-26-24-22-20-18-16-14-12-10-8-6-4-2/h14,16,25,27,36-37,39,41-42,44H,3-13,15,17-24,26,28-35H2,1-2H3,(H,40,43)/b16-14-,27-25+. The van der Waals surface area contributed by atoms with Crippen molar-refractivity contribution in [2.24, 2.45) is 0 Å². The zero-order valence-electron chi connectivity index (χ0n) is 29.3. The van der Waals surface area contributed by atoms with Gasteiger partial charge < -0.3 is 20.6 Å². The van der Waals surface area contributed by atoms with Crippen LogP contribution in [0.1, 0.15) is 194 Å². The number of carbonyl (C=O) groups excluding carboxylic acids is 1. The molecule has 0 spiro atoms. The lowest BCUT2D eigenvalue weighted by Gasteiger charge is -2.26.